The highest BCUT2D eigenvalue weighted by Gasteiger charge is 2.24. The third-order valence-corrected chi connectivity index (χ3v) is 6.64. The van der Waals surface area contributed by atoms with Gasteiger partial charge in [0.15, 0.2) is 0 Å². The van der Waals surface area contributed by atoms with Gasteiger partial charge in [0.25, 0.3) is 5.91 Å². The first-order valence-electron chi connectivity index (χ1n) is 10.7. The number of aromatic amines is 1. The summed E-state index contributed by atoms with van der Waals surface area (Å²) in [5.41, 5.74) is 10.1. The summed E-state index contributed by atoms with van der Waals surface area (Å²) in [5, 5.41) is 8.90. The number of pyridine rings is 1. The van der Waals surface area contributed by atoms with E-state index in [4.69, 9.17) is 17.3 Å². The molecular formula is C23H23BrClN7O. The van der Waals surface area contributed by atoms with Crippen LogP contribution < -0.4 is 16.0 Å². The Morgan fingerprint density at radius 2 is 2.12 bits per heavy atom. The van der Waals surface area contributed by atoms with Gasteiger partial charge >= 0.3 is 0 Å². The summed E-state index contributed by atoms with van der Waals surface area (Å²) in [4.78, 5) is 22.9. The quantitative estimate of drug-likeness (QED) is 0.356. The van der Waals surface area contributed by atoms with E-state index < -0.39 is 0 Å². The molecule has 4 heterocycles. The van der Waals surface area contributed by atoms with E-state index in [1.807, 2.05) is 24.3 Å². The molecule has 3 aromatic heterocycles. The average Bonchev–Trinajstić information content (AvgIpc) is 3.43. The maximum atomic E-state index is 13.0. The van der Waals surface area contributed by atoms with Gasteiger partial charge in [-0.15, -0.1) is 0 Å². The lowest BCUT2D eigenvalue weighted by Gasteiger charge is -2.33. The molecule has 0 radical (unpaired) electrons. The number of anilines is 2. The van der Waals surface area contributed by atoms with Crippen LogP contribution in [0.25, 0.3) is 11.0 Å². The van der Waals surface area contributed by atoms with Crippen LogP contribution in [0.15, 0.2) is 53.5 Å². The Morgan fingerprint density at radius 1 is 1.30 bits per heavy atom. The second-order valence-electron chi connectivity index (χ2n) is 8.24. The summed E-state index contributed by atoms with van der Waals surface area (Å²) in [6.07, 6.45) is 8.89. The minimum Gasteiger partial charge on any atom is -0.368 e. The fraction of sp³-hybridized carbons (Fsp3) is 0.261. The first-order valence-corrected chi connectivity index (χ1v) is 11.9. The minimum absolute atomic E-state index is 0.123. The Morgan fingerprint density at radius 3 is 2.91 bits per heavy atom. The molecule has 1 atom stereocenters. The lowest BCUT2D eigenvalue weighted by molar-refractivity contribution is 0.102. The van der Waals surface area contributed by atoms with E-state index in [2.05, 4.69) is 41.2 Å². The van der Waals surface area contributed by atoms with Crippen LogP contribution in [0.5, 0.6) is 0 Å². The molecule has 1 aromatic carbocycles. The van der Waals surface area contributed by atoms with Gasteiger partial charge in [0, 0.05) is 42.7 Å². The molecule has 1 aliphatic heterocycles. The predicted octanol–water partition coefficient (Wildman–Crippen LogP) is 4.40. The van der Waals surface area contributed by atoms with Gasteiger partial charge in [-0.3, -0.25) is 9.48 Å². The first-order chi connectivity index (χ1) is 16.0. The van der Waals surface area contributed by atoms with E-state index in [1.54, 1.807) is 29.5 Å². The van der Waals surface area contributed by atoms with Crippen LogP contribution in [0.1, 0.15) is 28.8 Å². The smallest absolute Gasteiger partial charge is 0.258 e. The summed E-state index contributed by atoms with van der Waals surface area (Å²) >= 11 is 9.60. The average molecular weight is 529 g/mol. The summed E-state index contributed by atoms with van der Waals surface area (Å²) in [7, 11) is 0. The summed E-state index contributed by atoms with van der Waals surface area (Å²) in [6.45, 7) is 2.21. The Balaban J connectivity index is 1.39. The largest absolute Gasteiger partial charge is 0.368 e. The number of H-pyrrole nitrogens is 1. The molecule has 0 aliphatic carbocycles. The van der Waals surface area contributed by atoms with E-state index in [9.17, 15) is 4.79 Å². The zero-order valence-electron chi connectivity index (χ0n) is 17.8. The van der Waals surface area contributed by atoms with Crippen molar-refractivity contribution in [2.45, 2.75) is 25.4 Å². The molecule has 1 amide bonds. The monoisotopic (exact) mass is 527 g/mol. The zero-order chi connectivity index (χ0) is 22.9. The number of halogens is 2. The molecular weight excluding hydrogens is 506 g/mol. The standard InChI is InChI=1S/C23H23BrClN7O/c24-18-9-27-22-20(21(18)31-7-1-2-17(26)13-31)19(10-28-22)30-23(33)15-8-29-32(12-15)11-14-3-5-16(25)6-4-14/h3-6,8-10,12,17H,1-2,7,11,13,26H2,(H,27,28)(H,30,33)/t17-/m1/s1. The number of hydrogen-bond donors (Lipinski definition) is 3. The SMILES string of the molecule is N[C@@H]1CCCN(c2c(Br)cnc3[nH]cc(NC(=O)c4cnn(Cc5ccc(Cl)cc5)c4)c23)C1. The number of piperidine rings is 1. The van der Waals surface area contributed by atoms with Gasteiger partial charge in [-0.25, -0.2) is 4.98 Å². The number of rotatable bonds is 5. The number of fused-ring (bicyclic) bond motifs is 1. The number of amides is 1. The summed E-state index contributed by atoms with van der Waals surface area (Å²) in [6, 6.07) is 7.68. The number of nitrogens with zero attached hydrogens (tertiary/aromatic N) is 4. The molecule has 8 nitrogen and oxygen atoms in total. The highest BCUT2D eigenvalue weighted by atomic mass is 79.9. The minimum atomic E-state index is -0.237. The highest BCUT2D eigenvalue weighted by molar-refractivity contribution is 9.10. The van der Waals surface area contributed by atoms with Crippen molar-refractivity contribution in [2.24, 2.45) is 5.73 Å². The maximum absolute atomic E-state index is 13.0. The molecule has 0 spiro atoms. The fourth-order valence-corrected chi connectivity index (χ4v) is 4.89. The third kappa shape index (κ3) is 4.62. The maximum Gasteiger partial charge on any atom is 0.258 e. The van der Waals surface area contributed by atoms with Gasteiger partial charge in [0.2, 0.25) is 0 Å². The molecule has 1 saturated heterocycles. The molecule has 1 fully saturated rings. The topological polar surface area (TPSA) is 105 Å². The number of nitrogens with one attached hydrogen (secondary N) is 2. The second-order valence-corrected chi connectivity index (χ2v) is 9.53. The van der Waals surface area contributed by atoms with E-state index in [-0.39, 0.29) is 11.9 Å². The Labute approximate surface area is 204 Å². The van der Waals surface area contributed by atoms with Crippen molar-refractivity contribution in [1.29, 1.82) is 0 Å². The molecule has 170 valence electrons. The van der Waals surface area contributed by atoms with Crippen molar-refractivity contribution in [3.8, 4) is 0 Å². The molecule has 0 saturated carbocycles. The Bertz CT molecular complexity index is 1300. The van der Waals surface area contributed by atoms with E-state index >= 15 is 0 Å². The van der Waals surface area contributed by atoms with Crippen LogP contribution in [0.3, 0.4) is 0 Å². The molecule has 4 N–H and O–H groups in total. The summed E-state index contributed by atoms with van der Waals surface area (Å²) < 4.78 is 2.60. The molecule has 10 heteroatoms. The fourth-order valence-electron chi connectivity index (χ4n) is 4.22. The van der Waals surface area contributed by atoms with Crippen molar-refractivity contribution in [1.82, 2.24) is 19.7 Å². The second kappa shape index (κ2) is 9.17. The van der Waals surface area contributed by atoms with Crippen LogP contribution in [-0.2, 0) is 6.54 Å². The highest BCUT2D eigenvalue weighted by Crippen LogP contribution is 2.38. The zero-order valence-corrected chi connectivity index (χ0v) is 20.1. The number of benzene rings is 1. The molecule has 1 aliphatic rings. The van der Waals surface area contributed by atoms with E-state index in [0.29, 0.717) is 28.5 Å². The van der Waals surface area contributed by atoms with Crippen LogP contribution in [0.4, 0.5) is 11.4 Å². The molecule has 33 heavy (non-hydrogen) atoms. The number of aromatic nitrogens is 4. The Kier molecular flexibility index (Phi) is 6.09. The molecule has 0 bridgehead atoms. The van der Waals surface area contributed by atoms with E-state index in [1.165, 1.54) is 0 Å². The van der Waals surface area contributed by atoms with E-state index in [0.717, 1.165) is 47.0 Å². The van der Waals surface area contributed by atoms with Crippen LogP contribution in [0, 0.1) is 0 Å². The lowest BCUT2D eigenvalue weighted by atomic mass is 10.1. The number of nitrogens with two attached hydrogens (primary N) is 1. The van der Waals surface area contributed by atoms with Crippen molar-refractivity contribution in [3.05, 3.63) is 69.7 Å². The van der Waals surface area contributed by atoms with Gasteiger partial charge in [0.05, 0.1) is 39.5 Å². The van der Waals surface area contributed by atoms with Crippen LogP contribution in [0.2, 0.25) is 5.02 Å². The number of carbonyl (C=O) groups is 1. The van der Waals surface area contributed by atoms with Crippen molar-refractivity contribution in [3.63, 3.8) is 0 Å². The normalized spacial score (nSPS) is 16.3. The van der Waals surface area contributed by atoms with Crippen molar-refractivity contribution < 1.29 is 4.79 Å². The number of hydrogen-bond acceptors (Lipinski definition) is 5. The van der Waals surface area contributed by atoms with Gasteiger partial charge in [0.1, 0.15) is 5.65 Å². The van der Waals surface area contributed by atoms with Gasteiger partial charge in [-0.1, -0.05) is 23.7 Å². The third-order valence-electron chi connectivity index (χ3n) is 5.80. The van der Waals surface area contributed by atoms with Crippen molar-refractivity contribution >= 4 is 55.8 Å². The first kappa shape index (κ1) is 21.9. The lowest BCUT2D eigenvalue weighted by Crippen LogP contribution is -2.43. The number of carbonyl (C=O) groups excluding carboxylic acids is 1. The predicted molar refractivity (Wildman–Crippen MR) is 134 cm³/mol. The van der Waals surface area contributed by atoms with Gasteiger partial charge in [-0.05, 0) is 46.5 Å². The van der Waals surface area contributed by atoms with Gasteiger partial charge < -0.3 is 20.9 Å². The molecule has 5 rings (SSSR count). The molecule has 0 unspecified atom stereocenters. The van der Waals surface area contributed by atoms with Crippen LogP contribution >= 0.6 is 27.5 Å². The Hall–Kier alpha value is -2.88. The van der Waals surface area contributed by atoms with Gasteiger partial charge in [-0.2, -0.15) is 5.10 Å². The van der Waals surface area contributed by atoms with Crippen molar-refractivity contribution in [2.75, 3.05) is 23.3 Å². The molecule has 4 aromatic rings. The van der Waals surface area contributed by atoms with Crippen LogP contribution in [-0.4, -0.2) is 44.8 Å². The summed E-state index contributed by atoms with van der Waals surface area (Å²) in [5.74, 6) is -0.237.